The van der Waals surface area contributed by atoms with E-state index in [0.29, 0.717) is 0 Å². The fraction of sp³-hybridized carbons (Fsp3) is 0.167. The molecule has 0 aliphatic rings. The minimum absolute atomic E-state index is 0.169. The summed E-state index contributed by atoms with van der Waals surface area (Å²) < 4.78 is 0. The molecule has 0 aromatic heterocycles. The maximum atomic E-state index is 5.64. The average molecular weight is 206 g/mol. The maximum absolute atomic E-state index is 5.64. The van der Waals surface area contributed by atoms with Gasteiger partial charge in [0, 0.05) is 6.04 Å². The van der Waals surface area contributed by atoms with Crippen molar-refractivity contribution in [3.63, 3.8) is 0 Å². The second-order valence-corrected chi connectivity index (χ2v) is 3.62. The fourth-order valence-electron chi connectivity index (χ4n) is 1.69. The van der Waals surface area contributed by atoms with Gasteiger partial charge in [-0.1, -0.05) is 42.5 Å². The van der Waals surface area contributed by atoms with Crippen molar-refractivity contribution in [2.75, 3.05) is 0 Å². The van der Waals surface area contributed by atoms with Gasteiger partial charge in [0.15, 0.2) is 0 Å². The van der Waals surface area contributed by atoms with Gasteiger partial charge in [-0.25, -0.2) is 4.84 Å². The Labute approximate surface area is 88.8 Å². The molecule has 0 bridgehead atoms. The van der Waals surface area contributed by atoms with Gasteiger partial charge in [-0.3, -0.25) is 0 Å². The number of nitrogens with one attached hydrogen (secondary N) is 1. The average Bonchev–Trinajstić information content (AvgIpc) is 2.27. The molecule has 0 aliphatic carbocycles. The molecule has 0 radical (unpaired) electrons. The SMILES string of the molecule is CC(NCl)c1cccc2ccccc12. The molecule has 1 N–H and O–H groups in total. The zero-order valence-corrected chi connectivity index (χ0v) is 8.75. The Morgan fingerprint density at radius 3 is 2.57 bits per heavy atom. The molecule has 0 amide bonds. The normalized spacial score (nSPS) is 13.0. The van der Waals surface area contributed by atoms with E-state index in [1.54, 1.807) is 0 Å². The molecule has 0 spiro atoms. The van der Waals surface area contributed by atoms with E-state index in [1.165, 1.54) is 16.3 Å². The van der Waals surface area contributed by atoms with Crippen LogP contribution < -0.4 is 4.84 Å². The van der Waals surface area contributed by atoms with E-state index in [9.17, 15) is 0 Å². The first-order valence-electron chi connectivity index (χ1n) is 4.67. The predicted molar refractivity (Wildman–Crippen MR) is 61.4 cm³/mol. The lowest BCUT2D eigenvalue weighted by atomic mass is 10.0. The molecule has 14 heavy (non-hydrogen) atoms. The lowest BCUT2D eigenvalue weighted by Gasteiger charge is -2.11. The molecule has 72 valence electrons. The molecule has 2 heteroatoms. The van der Waals surface area contributed by atoms with Crippen molar-refractivity contribution in [3.05, 3.63) is 48.0 Å². The van der Waals surface area contributed by atoms with E-state index in [0.717, 1.165) is 0 Å². The molecule has 0 fully saturated rings. The zero-order valence-electron chi connectivity index (χ0n) is 8.00. The molecule has 0 saturated carbocycles. The molecule has 0 saturated heterocycles. The molecule has 1 unspecified atom stereocenters. The Morgan fingerprint density at radius 1 is 1.07 bits per heavy atom. The molecule has 2 aromatic carbocycles. The minimum atomic E-state index is 0.169. The molecule has 0 heterocycles. The first-order chi connectivity index (χ1) is 6.83. The van der Waals surface area contributed by atoms with Crippen molar-refractivity contribution < 1.29 is 0 Å². The van der Waals surface area contributed by atoms with Gasteiger partial charge in [-0.2, -0.15) is 0 Å². The van der Waals surface area contributed by atoms with E-state index in [1.807, 2.05) is 12.1 Å². The Morgan fingerprint density at radius 2 is 1.79 bits per heavy atom. The van der Waals surface area contributed by atoms with Crippen LogP contribution in [0.4, 0.5) is 0 Å². The third kappa shape index (κ3) is 1.61. The van der Waals surface area contributed by atoms with Crippen molar-refractivity contribution in [3.8, 4) is 0 Å². The molecule has 2 rings (SSSR count). The third-order valence-corrected chi connectivity index (χ3v) is 2.78. The van der Waals surface area contributed by atoms with Gasteiger partial charge in [0.1, 0.15) is 0 Å². The number of halogens is 1. The monoisotopic (exact) mass is 205 g/mol. The van der Waals surface area contributed by atoms with E-state index >= 15 is 0 Å². The number of hydrogen-bond donors (Lipinski definition) is 1. The lowest BCUT2D eigenvalue weighted by molar-refractivity contribution is 0.752. The number of rotatable bonds is 2. The van der Waals surface area contributed by atoms with Crippen LogP contribution in [-0.2, 0) is 0 Å². The van der Waals surface area contributed by atoms with Gasteiger partial charge in [0.2, 0.25) is 0 Å². The molecular weight excluding hydrogens is 194 g/mol. The van der Waals surface area contributed by atoms with Crippen LogP contribution in [0.15, 0.2) is 42.5 Å². The lowest BCUT2D eigenvalue weighted by Crippen LogP contribution is -2.06. The largest absolute Gasteiger partial charge is 0.226 e. The highest BCUT2D eigenvalue weighted by molar-refractivity contribution is 6.13. The topological polar surface area (TPSA) is 12.0 Å². The van der Waals surface area contributed by atoms with Crippen molar-refractivity contribution >= 4 is 22.5 Å². The molecule has 0 aliphatic heterocycles. The highest BCUT2D eigenvalue weighted by Gasteiger charge is 2.06. The van der Waals surface area contributed by atoms with Gasteiger partial charge in [-0.05, 0) is 35.0 Å². The van der Waals surface area contributed by atoms with Crippen molar-refractivity contribution in [1.29, 1.82) is 0 Å². The van der Waals surface area contributed by atoms with Gasteiger partial charge >= 0.3 is 0 Å². The summed E-state index contributed by atoms with van der Waals surface area (Å²) in [5.74, 6) is 0. The summed E-state index contributed by atoms with van der Waals surface area (Å²) >= 11 is 5.64. The molecular formula is C12H12ClN. The summed E-state index contributed by atoms with van der Waals surface area (Å²) in [7, 11) is 0. The van der Waals surface area contributed by atoms with Crippen molar-refractivity contribution in [1.82, 2.24) is 4.84 Å². The van der Waals surface area contributed by atoms with E-state index < -0.39 is 0 Å². The smallest absolute Gasteiger partial charge is 0.0448 e. The highest BCUT2D eigenvalue weighted by atomic mass is 35.5. The van der Waals surface area contributed by atoms with Gasteiger partial charge in [-0.15, -0.1) is 0 Å². The van der Waals surface area contributed by atoms with E-state index in [2.05, 4.69) is 42.1 Å². The van der Waals surface area contributed by atoms with Crippen LogP contribution in [-0.4, -0.2) is 0 Å². The first kappa shape index (κ1) is 9.50. The van der Waals surface area contributed by atoms with Crippen LogP contribution in [0.3, 0.4) is 0 Å². The summed E-state index contributed by atoms with van der Waals surface area (Å²) in [5.41, 5.74) is 1.23. The number of fused-ring (bicyclic) bond motifs is 1. The van der Waals surface area contributed by atoms with Crippen LogP contribution >= 0.6 is 11.8 Å². The Kier molecular flexibility index (Phi) is 2.71. The van der Waals surface area contributed by atoms with Crippen LogP contribution in [0.1, 0.15) is 18.5 Å². The second kappa shape index (κ2) is 3.99. The van der Waals surface area contributed by atoms with Crippen molar-refractivity contribution in [2.45, 2.75) is 13.0 Å². The van der Waals surface area contributed by atoms with Gasteiger partial charge in [0.25, 0.3) is 0 Å². The minimum Gasteiger partial charge on any atom is -0.226 e. The van der Waals surface area contributed by atoms with Crippen LogP contribution in [0.2, 0.25) is 0 Å². The van der Waals surface area contributed by atoms with Crippen LogP contribution in [0, 0.1) is 0 Å². The quantitative estimate of drug-likeness (QED) is 0.739. The first-order valence-corrected chi connectivity index (χ1v) is 5.04. The number of hydrogen-bond acceptors (Lipinski definition) is 1. The molecule has 1 atom stereocenters. The second-order valence-electron chi connectivity index (χ2n) is 3.40. The third-order valence-electron chi connectivity index (χ3n) is 2.45. The summed E-state index contributed by atoms with van der Waals surface area (Å²) in [6.07, 6.45) is 0. The molecule has 1 nitrogen and oxygen atoms in total. The van der Waals surface area contributed by atoms with E-state index in [4.69, 9.17) is 11.8 Å². The van der Waals surface area contributed by atoms with Gasteiger partial charge < -0.3 is 0 Å². The van der Waals surface area contributed by atoms with Crippen LogP contribution in [0.25, 0.3) is 10.8 Å². The highest BCUT2D eigenvalue weighted by Crippen LogP contribution is 2.23. The summed E-state index contributed by atoms with van der Waals surface area (Å²) in [4.78, 5) is 2.75. The van der Waals surface area contributed by atoms with Gasteiger partial charge in [0.05, 0.1) is 0 Å². The predicted octanol–water partition coefficient (Wildman–Crippen LogP) is 3.64. The Balaban J connectivity index is 2.65. The zero-order chi connectivity index (χ0) is 9.97. The molecule has 2 aromatic rings. The summed E-state index contributed by atoms with van der Waals surface area (Å²) in [6, 6.07) is 14.8. The standard InChI is InChI=1S/C12H12ClN/c1-9(14-13)11-8-4-6-10-5-2-3-7-12(10)11/h2-9,14H,1H3. The van der Waals surface area contributed by atoms with Crippen LogP contribution in [0.5, 0.6) is 0 Å². The maximum Gasteiger partial charge on any atom is 0.0448 e. The summed E-state index contributed by atoms with van der Waals surface area (Å²) in [6.45, 7) is 2.05. The van der Waals surface area contributed by atoms with Crippen molar-refractivity contribution in [2.24, 2.45) is 0 Å². The summed E-state index contributed by atoms with van der Waals surface area (Å²) in [5, 5.41) is 2.51. The van der Waals surface area contributed by atoms with E-state index in [-0.39, 0.29) is 6.04 Å². The Hall–Kier alpha value is -1.05. The fourth-order valence-corrected chi connectivity index (χ4v) is 1.80. The Bertz CT molecular complexity index is 434. The number of benzene rings is 2.